The molecular formula is C28H29BrN4O3. The fraction of sp³-hybridized carbons (Fsp3) is 0.179. The number of carbonyl (C=O) groups excluding carboxylic acids is 1. The zero-order valence-electron chi connectivity index (χ0n) is 20.8. The number of anilines is 1. The zero-order valence-corrected chi connectivity index (χ0v) is 22.3. The molecule has 1 aromatic heterocycles. The Morgan fingerprint density at radius 3 is 2.06 bits per heavy atom. The molecule has 0 spiro atoms. The molecule has 0 N–H and O–H groups in total. The molecular weight excluding hydrogens is 520 g/mol. The maximum atomic E-state index is 13.0. The maximum Gasteiger partial charge on any atom is 0.314 e. The molecule has 0 radical (unpaired) electrons. The van der Waals surface area contributed by atoms with E-state index in [0.717, 1.165) is 28.4 Å². The lowest BCUT2D eigenvalue weighted by atomic mass is 10.1. The molecule has 0 saturated carbocycles. The molecule has 186 valence electrons. The van der Waals surface area contributed by atoms with Crippen molar-refractivity contribution in [1.29, 1.82) is 0 Å². The molecule has 0 aliphatic carbocycles. The Bertz CT molecular complexity index is 1310. The van der Waals surface area contributed by atoms with Crippen LogP contribution in [0.15, 0.2) is 90.3 Å². The number of hydrogen-bond donors (Lipinski definition) is 0. The van der Waals surface area contributed by atoms with E-state index in [-0.39, 0.29) is 29.3 Å². The summed E-state index contributed by atoms with van der Waals surface area (Å²) in [5.41, 5.74) is 3.64. The van der Waals surface area contributed by atoms with E-state index in [2.05, 4.69) is 17.0 Å². The van der Waals surface area contributed by atoms with Gasteiger partial charge in [0.15, 0.2) is 12.7 Å². The first-order valence-corrected chi connectivity index (χ1v) is 11.2. The predicted molar refractivity (Wildman–Crippen MR) is 138 cm³/mol. The standard InChI is InChI=1S/C28H29N4O3.BrH/c1-30(2)24-11-5-21(6-12-24)19-29-32-18-17-31(28(32)23-9-15-26(35-4)16-10-23)20-27(33)22-7-13-25(34-3)14-8-22;/h5-19H,20H2,1-4H3;1H/q+1;/p-1/b29-19+;. The molecule has 36 heavy (non-hydrogen) atoms. The van der Waals surface area contributed by atoms with Crippen molar-refractivity contribution in [2.75, 3.05) is 33.2 Å². The molecule has 0 amide bonds. The van der Waals surface area contributed by atoms with Crippen LogP contribution in [0.3, 0.4) is 0 Å². The van der Waals surface area contributed by atoms with Crippen LogP contribution in [-0.2, 0) is 6.54 Å². The Morgan fingerprint density at radius 1 is 0.917 bits per heavy atom. The summed E-state index contributed by atoms with van der Waals surface area (Å²) >= 11 is 0. The Hall–Kier alpha value is -3.91. The van der Waals surface area contributed by atoms with E-state index in [1.807, 2.05) is 73.7 Å². The van der Waals surface area contributed by atoms with Crippen molar-refractivity contribution in [3.05, 3.63) is 96.3 Å². The Labute approximate surface area is 222 Å². The summed E-state index contributed by atoms with van der Waals surface area (Å²) in [4.78, 5) is 15.1. The minimum atomic E-state index is -0.00609. The van der Waals surface area contributed by atoms with Crippen molar-refractivity contribution in [2.45, 2.75) is 6.54 Å². The number of aromatic nitrogens is 2. The van der Waals surface area contributed by atoms with E-state index in [4.69, 9.17) is 14.6 Å². The summed E-state index contributed by atoms with van der Waals surface area (Å²) in [5.74, 6) is 2.26. The molecule has 3 aromatic carbocycles. The highest BCUT2D eigenvalue weighted by Crippen LogP contribution is 2.21. The van der Waals surface area contributed by atoms with Gasteiger partial charge >= 0.3 is 5.82 Å². The minimum absolute atomic E-state index is 0. The number of halogens is 1. The van der Waals surface area contributed by atoms with Gasteiger partial charge in [0.25, 0.3) is 0 Å². The van der Waals surface area contributed by atoms with Gasteiger partial charge in [0.1, 0.15) is 17.7 Å². The second-order valence-electron chi connectivity index (χ2n) is 8.20. The highest BCUT2D eigenvalue weighted by molar-refractivity contribution is 5.95. The summed E-state index contributed by atoms with van der Waals surface area (Å²) in [6.45, 7) is 0.174. The molecule has 0 bridgehead atoms. The molecule has 8 heteroatoms. The van der Waals surface area contributed by atoms with Crippen LogP contribution < -0.4 is 35.9 Å². The number of methoxy groups -OCH3 is 2. The highest BCUT2D eigenvalue weighted by atomic mass is 79.9. The topological polar surface area (TPSA) is 59.9 Å². The van der Waals surface area contributed by atoms with Crippen LogP contribution in [0.5, 0.6) is 11.5 Å². The number of nitrogens with zero attached hydrogens (tertiary/aromatic N) is 4. The van der Waals surface area contributed by atoms with Gasteiger partial charge in [-0.3, -0.25) is 4.79 Å². The van der Waals surface area contributed by atoms with Gasteiger partial charge in [-0.2, -0.15) is 0 Å². The van der Waals surface area contributed by atoms with Crippen LogP contribution in [0, 0.1) is 0 Å². The molecule has 1 heterocycles. The number of imidazole rings is 1. The molecule has 0 aliphatic heterocycles. The molecule has 7 nitrogen and oxygen atoms in total. The number of rotatable bonds is 9. The van der Waals surface area contributed by atoms with Crippen molar-refractivity contribution < 1.29 is 35.8 Å². The van der Waals surface area contributed by atoms with Gasteiger partial charge in [-0.05, 0) is 66.2 Å². The largest absolute Gasteiger partial charge is 1.00 e. The Morgan fingerprint density at radius 2 is 1.50 bits per heavy atom. The van der Waals surface area contributed by atoms with Gasteiger partial charge in [0.2, 0.25) is 5.78 Å². The summed E-state index contributed by atoms with van der Waals surface area (Å²) in [5, 5.41) is 4.69. The van der Waals surface area contributed by atoms with Gasteiger partial charge in [-0.15, -0.1) is 4.68 Å². The van der Waals surface area contributed by atoms with Crippen molar-refractivity contribution in [1.82, 2.24) is 4.68 Å². The third kappa shape index (κ3) is 6.20. The van der Waals surface area contributed by atoms with Crippen molar-refractivity contribution in [3.63, 3.8) is 0 Å². The lowest BCUT2D eigenvalue weighted by Gasteiger charge is -2.11. The first-order chi connectivity index (χ1) is 17.0. The number of benzene rings is 3. The molecule has 0 aliphatic rings. The van der Waals surface area contributed by atoms with Crippen LogP contribution in [-0.4, -0.2) is 45.0 Å². The molecule has 0 fully saturated rings. The highest BCUT2D eigenvalue weighted by Gasteiger charge is 2.22. The summed E-state index contributed by atoms with van der Waals surface area (Å²) in [6.07, 6.45) is 5.53. The SMILES string of the molecule is COc1ccc(C(=O)C[n+]2ccn(/N=C/c3ccc(N(C)C)cc3)c2-c2ccc(OC)cc2)cc1.[Br-]. The molecule has 0 saturated heterocycles. The summed E-state index contributed by atoms with van der Waals surface area (Å²) in [7, 11) is 7.26. The number of ketones is 1. The first kappa shape index (κ1) is 26.7. The lowest BCUT2D eigenvalue weighted by Crippen LogP contribution is -3.00. The average Bonchev–Trinajstić information content (AvgIpc) is 3.29. The smallest absolute Gasteiger partial charge is 0.314 e. The van der Waals surface area contributed by atoms with E-state index >= 15 is 0 Å². The fourth-order valence-corrected chi connectivity index (χ4v) is 3.69. The van der Waals surface area contributed by atoms with Crippen LogP contribution in [0.1, 0.15) is 15.9 Å². The first-order valence-electron chi connectivity index (χ1n) is 11.2. The minimum Gasteiger partial charge on any atom is -1.00 e. The van der Waals surface area contributed by atoms with Crippen molar-refractivity contribution >= 4 is 17.7 Å². The van der Waals surface area contributed by atoms with Crippen LogP contribution in [0.4, 0.5) is 5.69 Å². The van der Waals surface area contributed by atoms with Crippen molar-refractivity contribution in [2.24, 2.45) is 5.10 Å². The lowest BCUT2D eigenvalue weighted by molar-refractivity contribution is -0.671. The molecule has 4 aromatic rings. The Balaban J connectivity index is 0.00000361. The number of Topliss-reactive ketones (excluding diaryl/α,β-unsaturated/α-hetero) is 1. The quantitative estimate of drug-likeness (QED) is 0.180. The van der Waals surface area contributed by atoms with E-state index in [0.29, 0.717) is 11.3 Å². The second-order valence-corrected chi connectivity index (χ2v) is 8.20. The van der Waals surface area contributed by atoms with E-state index in [1.54, 1.807) is 43.2 Å². The van der Waals surface area contributed by atoms with Crippen LogP contribution in [0.2, 0.25) is 0 Å². The second kappa shape index (κ2) is 12.2. The zero-order chi connectivity index (χ0) is 24.8. The number of hydrogen-bond acceptors (Lipinski definition) is 5. The normalized spacial score (nSPS) is 10.7. The third-order valence-corrected chi connectivity index (χ3v) is 5.69. The van der Waals surface area contributed by atoms with Gasteiger partial charge < -0.3 is 31.4 Å². The van der Waals surface area contributed by atoms with Crippen molar-refractivity contribution in [3.8, 4) is 22.9 Å². The fourth-order valence-electron chi connectivity index (χ4n) is 3.69. The van der Waals surface area contributed by atoms with E-state index in [1.165, 1.54) is 0 Å². The maximum absolute atomic E-state index is 13.0. The summed E-state index contributed by atoms with van der Waals surface area (Å²) < 4.78 is 14.2. The van der Waals surface area contributed by atoms with E-state index < -0.39 is 0 Å². The third-order valence-electron chi connectivity index (χ3n) is 5.69. The van der Waals surface area contributed by atoms with Gasteiger partial charge in [0.05, 0.1) is 26.0 Å². The van der Waals surface area contributed by atoms with Gasteiger partial charge in [-0.25, -0.2) is 4.57 Å². The van der Waals surface area contributed by atoms with Gasteiger partial charge in [0, 0.05) is 25.3 Å². The van der Waals surface area contributed by atoms with Crippen LogP contribution >= 0.6 is 0 Å². The average molecular weight is 549 g/mol. The number of ether oxygens (including phenoxy) is 2. The monoisotopic (exact) mass is 548 g/mol. The van der Waals surface area contributed by atoms with Gasteiger partial charge in [-0.1, -0.05) is 17.2 Å². The molecule has 4 rings (SSSR count). The Kier molecular flexibility index (Phi) is 9.02. The molecule has 0 unspecified atom stereocenters. The summed E-state index contributed by atoms with van der Waals surface area (Å²) in [6, 6.07) is 23.0. The number of carbonyl (C=O) groups is 1. The molecule has 0 atom stereocenters. The predicted octanol–water partition coefficient (Wildman–Crippen LogP) is 1.29. The van der Waals surface area contributed by atoms with Crippen LogP contribution in [0.25, 0.3) is 11.4 Å². The van der Waals surface area contributed by atoms with E-state index in [9.17, 15) is 4.79 Å².